The second-order valence-corrected chi connectivity index (χ2v) is 7.14. The van der Waals surface area contributed by atoms with Crippen LogP contribution in [0.1, 0.15) is 23.6 Å². The number of nitro groups is 1. The summed E-state index contributed by atoms with van der Waals surface area (Å²) >= 11 is 0. The molecule has 4 amide bonds. The van der Waals surface area contributed by atoms with E-state index in [1.807, 2.05) is 19.1 Å². The Morgan fingerprint density at radius 2 is 1.76 bits per heavy atom. The molecule has 1 atom stereocenters. The smallest absolute Gasteiger partial charge is 0.319 e. The number of carbonyl (C=O) groups is 3. The molecule has 1 aliphatic heterocycles. The molecule has 1 heterocycles. The number of nitro benzene ring substituents is 1. The van der Waals surface area contributed by atoms with Crippen molar-refractivity contribution in [2.45, 2.75) is 26.3 Å². The molecule has 2 N–H and O–H groups in total. The van der Waals surface area contributed by atoms with Gasteiger partial charge in [-0.05, 0) is 38.0 Å². The molecule has 0 unspecified atom stereocenters. The molecule has 3 rings (SSSR count). The van der Waals surface area contributed by atoms with Crippen molar-refractivity contribution in [1.82, 2.24) is 10.2 Å². The zero-order valence-corrected chi connectivity index (χ0v) is 16.2. The number of nitrogens with one attached hydrogen (secondary N) is 2. The number of urea groups is 1. The molecule has 0 saturated carbocycles. The number of anilines is 1. The van der Waals surface area contributed by atoms with Gasteiger partial charge in [0.05, 0.1) is 4.92 Å². The van der Waals surface area contributed by atoms with E-state index in [0.29, 0.717) is 11.1 Å². The van der Waals surface area contributed by atoms with E-state index in [1.165, 1.54) is 12.1 Å². The molecule has 0 bridgehead atoms. The highest BCUT2D eigenvalue weighted by Crippen LogP contribution is 2.29. The van der Waals surface area contributed by atoms with E-state index in [0.717, 1.165) is 10.5 Å². The molecule has 150 valence electrons. The van der Waals surface area contributed by atoms with E-state index in [1.54, 1.807) is 32.0 Å². The number of benzene rings is 2. The first-order valence-electron chi connectivity index (χ1n) is 8.88. The fourth-order valence-corrected chi connectivity index (χ4v) is 3.15. The third kappa shape index (κ3) is 3.79. The van der Waals surface area contributed by atoms with Crippen molar-refractivity contribution in [1.29, 1.82) is 0 Å². The van der Waals surface area contributed by atoms with Gasteiger partial charge in [-0.25, -0.2) is 4.79 Å². The third-order valence-electron chi connectivity index (χ3n) is 4.83. The minimum absolute atomic E-state index is 0.000972. The van der Waals surface area contributed by atoms with Gasteiger partial charge < -0.3 is 10.6 Å². The van der Waals surface area contributed by atoms with E-state index in [2.05, 4.69) is 10.6 Å². The number of nitrogens with zero attached hydrogens (tertiary/aromatic N) is 2. The average molecular weight is 396 g/mol. The van der Waals surface area contributed by atoms with E-state index >= 15 is 0 Å². The first-order chi connectivity index (χ1) is 13.6. The number of carbonyl (C=O) groups excluding carboxylic acids is 3. The van der Waals surface area contributed by atoms with Gasteiger partial charge in [0.1, 0.15) is 17.8 Å². The number of aryl methyl sites for hydroxylation is 2. The first kappa shape index (κ1) is 20.0. The van der Waals surface area contributed by atoms with Crippen LogP contribution >= 0.6 is 0 Å². The highest BCUT2D eigenvalue weighted by Gasteiger charge is 2.49. The van der Waals surface area contributed by atoms with Crippen LogP contribution in [0.2, 0.25) is 0 Å². The maximum atomic E-state index is 12.9. The Bertz CT molecular complexity index is 1020. The topological polar surface area (TPSA) is 122 Å². The molecule has 0 aromatic heterocycles. The fourth-order valence-electron chi connectivity index (χ4n) is 3.15. The van der Waals surface area contributed by atoms with Crippen molar-refractivity contribution < 1.29 is 19.3 Å². The molecule has 0 radical (unpaired) electrons. The summed E-state index contributed by atoms with van der Waals surface area (Å²) in [6.45, 7) is 4.61. The Kier molecular flexibility index (Phi) is 5.06. The van der Waals surface area contributed by atoms with Crippen LogP contribution in [0.15, 0.2) is 42.5 Å². The second kappa shape index (κ2) is 7.34. The van der Waals surface area contributed by atoms with Crippen LogP contribution in [0.4, 0.5) is 16.2 Å². The van der Waals surface area contributed by atoms with Gasteiger partial charge in [0.2, 0.25) is 5.91 Å². The standard InChI is InChI=1S/C20H20N4O5/c1-12-4-7-14(8-5-12)20(3)18(26)23(19(27)22-20)11-17(25)21-15-9-6-13(2)10-16(15)24(28)29/h4-10H,11H2,1-3H3,(H,21,25)(H,22,27)/t20-/m0/s1. The SMILES string of the molecule is Cc1ccc([C@]2(C)NC(=O)N(CC(=O)Nc3ccc(C)cc3[N+](=O)[O-])C2=O)cc1. The van der Waals surface area contributed by atoms with Gasteiger partial charge in [0, 0.05) is 6.07 Å². The van der Waals surface area contributed by atoms with E-state index in [-0.39, 0.29) is 11.4 Å². The predicted octanol–water partition coefficient (Wildman–Crippen LogP) is 2.62. The quantitative estimate of drug-likeness (QED) is 0.457. The Balaban J connectivity index is 1.78. The van der Waals surface area contributed by atoms with Crippen molar-refractivity contribution in [3.63, 3.8) is 0 Å². The lowest BCUT2D eigenvalue weighted by molar-refractivity contribution is -0.384. The maximum absolute atomic E-state index is 12.9. The Morgan fingerprint density at radius 3 is 2.38 bits per heavy atom. The normalized spacial score (nSPS) is 18.5. The lowest BCUT2D eigenvalue weighted by Gasteiger charge is -2.22. The number of amides is 4. The minimum atomic E-state index is -1.29. The maximum Gasteiger partial charge on any atom is 0.325 e. The van der Waals surface area contributed by atoms with Crippen LogP contribution in [0.5, 0.6) is 0 Å². The second-order valence-electron chi connectivity index (χ2n) is 7.14. The van der Waals surface area contributed by atoms with Crippen LogP contribution in [0, 0.1) is 24.0 Å². The predicted molar refractivity (Wildman–Crippen MR) is 105 cm³/mol. The van der Waals surface area contributed by atoms with Gasteiger partial charge in [0.15, 0.2) is 0 Å². The number of hydrogen-bond acceptors (Lipinski definition) is 5. The third-order valence-corrected chi connectivity index (χ3v) is 4.83. The molecule has 1 saturated heterocycles. The molecule has 9 nitrogen and oxygen atoms in total. The Morgan fingerprint density at radius 1 is 1.14 bits per heavy atom. The summed E-state index contributed by atoms with van der Waals surface area (Å²) in [5.41, 5.74) is 0.709. The average Bonchev–Trinajstić information content (AvgIpc) is 2.87. The Hall–Kier alpha value is -3.75. The summed E-state index contributed by atoms with van der Waals surface area (Å²) in [5.74, 6) is -1.28. The molecule has 0 aliphatic carbocycles. The largest absolute Gasteiger partial charge is 0.325 e. The fraction of sp³-hybridized carbons (Fsp3) is 0.250. The molecule has 2 aromatic carbocycles. The molecule has 9 heteroatoms. The van der Waals surface area contributed by atoms with Gasteiger partial charge in [-0.1, -0.05) is 35.9 Å². The van der Waals surface area contributed by atoms with Gasteiger partial charge >= 0.3 is 6.03 Å². The highest BCUT2D eigenvalue weighted by molar-refractivity contribution is 6.10. The zero-order chi connectivity index (χ0) is 21.3. The monoisotopic (exact) mass is 396 g/mol. The molecule has 2 aromatic rings. The lowest BCUT2D eigenvalue weighted by Crippen LogP contribution is -2.42. The minimum Gasteiger partial charge on any atom is -0.319 e. The summed E-state index contributed by atoms with van der Waals surface area (Å²) in [5, 5.41) is 16.2. The zero-order valence-electron chi connectivity index (χ0n) is 16.2. The van der Waals surface area contributed by atoms with E-state index in [4.69, 9.17) is 0 Å². The lowest BCUT2D eigenvalue weighted by atomic mass is 9.91. The van der Waals surface area contributed by atoms with Crippen LogP contribution in [0.25, 0.3) is 0 Å². The van der Waals surface area contributed by atoms with Crippen molar-refractivity contribution in [3.8, 4) is 0 Å². The molecule has 1 fully saturated rings. The summed E-state index contributed by atoms with van der Waals surface area (Å²) in [6, 6.07) is 10.8. The van der Waals surface area contributed by atoms with Crippen LogP contribution < -0.4 is 10.6 Å². The van der Waals surface area contributed by atoms with E-state index < -0.39 is 34.9 Å². The van der Waals surface area contributed by atoms with Gasteiger partial charge in [0.25, 0.3) is 11.6 Å². The molecular formula is C20H20N4O5. The number of rotatable bonds is 5. The molecule has 29 heavy (non-hydrogen) atoms. The van der Waals surface area contributed by atoms with Gasteiger partial charge in [-0.3, -0.25) is 24.6 Å². The first-order valence-corrected chi connectivity index (χ1v) is 8.88. The van der Waals surface area contributed by atoms with Crippen LogP contribution in [-0.2, 0) is 15.1 Å². The van der Waals surface area contributed by atoms with E-state index in [9.17, 15) is 24.5 Å². The summed E-state index contributed by atoms with van der Waals surface area (Å²) < 4.78 is 0. The Labute approximate surface area is 166 Å². The molecule has 0 spiro atoms. The highest BCUT2D eigenvalue weighted by atomic mass is 16.6. The number of hydrogen-bond donors (Lipinski definition) is 2. The molecule has 1 aliphatic rings. The van der Waals surface area contributed by atoms with Crippen molar-refractivity contribution >= 4 is 29.2 Å². The van der Waals surface area contributed by atoms with Gasteiger partial charge in [-0.2, -0.15) is 0 Å². The van der Waals surface area contributed by atoms with Gasteiger partial charge in [-0.15, -0.1) is 0 Å². The van der Waals surface area contributed by atoms with Crippen LogP contribution in [0.3, 0.4) is 0 Å². The summed E-state index contributed by atoms with van der Waals surface area (Å²) in [6.07, 6.45) is 0. The molecular weight excluding hydrogens is 376 g/mol. The van der Waals surface area contributed by atoms with Crippen LogP contribution in [-0.4, -0.2) is 34.2 Å². The summed E-state index contributed by atoms with van der Waals surface area (Å²) in [4.78, 5) is 49.0. The van der Waals surface area contributed by atoms with Crippen molar-refractivity contribution in [2.75, 3.05) is 11.9 Å². The number of imide groups is 1. The summed E-state index contributed by atoms with van der Waals surface area (Å²) in [7, 11) is 0. The van der Waals surface area contributed by atoms with Crippen molar-refractivity contribution in [2.24, 2.45) is 0 Å². The van der Waals surface area contributed by atoms with Crippen molar-refractivity contribution in [3.05, 3.63) is 69.3 Å².